The molecule has 0 bridgehead atoms. The van der Waals surface area contributed by atoms with E-state index in [0.717, 1.165) is 23.5 Å². The Labute approximate surface area is 67.0 Å². The van der Waals surface area contributed by atoms with Gasteiger partial charge in [0.15, 0.2) is 0 Å². The Kier molecular flexibility index (Phi) is 6.97. The van der Waals surface area contributed by atoms with E-state index < -0.39 is 0 Å². The molecule has 0 atom stereocenters. The van der Waals surface area contributed by atoms with Crippen LogP contribution in [0.4, 0.5) is 0 Å². The van der Waals surface area contributed by atoms with E-state index in [0.29, 0.717) is 0 Å². The first-order chi connectivity index (χ1) is 4.85. The highest BCUT2D eigenvalue weighted by Crippen LogP contribution is 2.03. The minimum Gasteiger partial charge on any atom is -0.424 e. The van der Waals surface area contributed by atoms with Crippen molar-refractivity contribution in [2.75, 3.05) is 6.61 Å². The Morgan fingerprint density at radius 3 is 2.60 bits per heavy atom. The van der Waals surface area contributed by atoms with Crippen LogP contribution in [0.5, 0.6) is 0 Å². The van der Waals surface area contributed by atoms with Gasteiger partial charge in [0.2, 0.25) is 0 Å². The van der Waals surface area contributed by atoms with Crippen LogP contribution in [-0.2, 0) is 4.43 Å². The van der Waals surface area contributed by atoms with Crippen molar-refractivity contribution in [1.82, 2.24) is 0 Å². The van der Waals surface area contributed by atoms with E-state index in [-0.39, 0.29) is 0 Å². The van der Waals surface area contributed by atoms with Crippen LogP contribution >= 0.6 is 0 Å². The van der Waals surface area contributed by atoms with Gasteiger partial charge in [-0.05, 0) is 12.8 Å². The van der Waals surface area contributed by atoms with Crippen molar-refractivity contribution in [1.29, 1.82) is 0 Å². The highest BCUT2D eigenvalue weighted by atomic mass is 28.2. The van der Waals surface area contributed by atoms with Crippen LogP contribution in [0.15, 0.2) is 11.6 Å². The summed E-state index contributed by atoms with van der Waals surface area (Å²) in [4.78, 5) is 0. The molecule has 0 heterocycles. The molecule has 0 aromatic rings. The van der Waals surface area contributed by atoms with Gasteiger partial charge in [-0.1, -0.05) is 31.9 Å². The number of allylic oxidation sites excluding steroid dienone is 1. The molecule has 0 fully saturated rings. The summed E-state index contributed by atoms with van der Waals surface area (Å²) < 4.78 is 5.16. The van der Waals surface area contributed by atoms with Gasteiger partial charge in [0.05, 0.1) is 6.61 Å². The summed E-state index contributed by atoms with van der Waals surface area (Å²) in [7, 11) is 0.859. The van der Waals surface area contributed by atoms with Crippen molar-refractivity contribution in [3.05, 3.63) is 11.6 Å². The molecule has 0 amide bonds. The molecule has 0 rings (SSSR count). The van der Waals surface area contributed by atoms with Gasteiger partial charge in [0, 0.05) is 0 Å². The van der Waals surface area contributed by atoms with Crippen LogP contribution in [0, 0.1) is 0 Å². The molecule has 10 heavy (non-hydrogen) atoms. The topological polar surface area (TPSA) is 9.23 Å². The van der Waals surface area contributed by atoms with E-state index in [1.54, 1.807) is 0 Å². The third-order valence-electron chi connectivity index (χ3n) is 1.51. The minimum atomic E-state index is 0.859. The molecule has 0 radical (unpaired) electrons. The Morgan fingerprint density at radius 2 is 2.20 bits per heavy atom. The van der Waals surface area contributed by atoms with E-state index >= 15 is 0 Å². The molecule has 60 valence electrons. The Bertz CT molecular complexity index is 99.4. The molecule has 0 aliphatic carbocycles. The lowest BCUT2D eigenvalue weighted by molar-refractivity contribution is 0.383. The molecule has 0 N–H and O–H groups in total. The summed E-state index contributed by atoms with van der Waals surface area (Å²) >= 11 is 0. The third kappa shape index (κ3) is 4.76. The molecule has 0 spiro atoms. The van der Waals surface area contributed by atoms with Crippen LogP contribution < -0.4 is 0 Å². The van der Waals surface area contributed by atoms with Crippen molar-refractivity contribution in [3.8, 4) is 0 Å². The molecule has 0 aromatic heterocycles. The monoisotopic (exact) mass is 158 g/mol. The predicted octanol–water partition coefficient (Wildman–Crippen LogP) is 1.42. The maximum Gasteiger partial charge on any atom is 0.146 e. The third-order valence-corrected chi connectivity index (χ3v) is 1.79. The molecule has 0 aliphatic rings. The molecule has 0 aromatic carbocycles. The fourth-order valence-corrected chi connectivity index (χ4v) is 1.21. The highest BCUT2D eigenvalue weighted by Gasteiger charge is 1.89. The van der Waals surface area contributed by atoms with Gasteiger partial charge in [0.1, 0.15) is 10.5 Å². The van der Waals surface area contributed by atoms with Crippen LogP contribution in [0.25, 0.3) is 0 Å². The van der Waals surface area contributed by atoms with Crippen molar-refractivity contribution >= 4 is 10.5 Å². The average Bonchev–Trinajstić information content (AvgIpc) is 1.98. The van der Waals surface area contributed by atoms with Crippen LogP contribution in [0.1, 0.15) is 33.1 Å². The lowest BCUT2D eigenvalue weighted by atomic mass is 10.1. The van der Waals surface area contributed by atoms with Crippen LogP contribution in [-0.4, -0.2) is 17.1 Å². The second-order valence-electron chi connectivity index (χ2n) is 2.44. The van der Waals surface area contributed by atoms with Gasteiger partial charge in [-0.15, -0.1) is 0 Å². The Balaban J connectivity index is 3.55. The van der Waals surface area contributed by atoms with E-state index in [1.807, 2.05) is 0 Å². The summed E-state index contributed by atoms with van der Waals surface area (Å²) in [6.45, 7) is 5.25. The van der Waals surface area contributed by atoms with Gasteiger partial charge in [-0.2, -0.15) is 0 Å². The van der Waals surface area contributed by atoms with E-state index in [1.165, 1.54) is 18.4 Å². The SMILES string of the molecule is CCCC=C(CC)CO[SiH3]. The van der Waals surface area contributed by atoms with Crippen LogP contribution in [0.2, 0.25) is 0 Å². The zero-order chi connectivity index (χ0) is 7.82. The van der Waals surface area contributed by atoms with E-state index in [2.05, 4.69) is 19.9 Å². The number of unbranched alkanes of at least 4 members (excludes halogenated alkanes) is 1. The summed E-state index contributed by atoms with van der Waals surface area (Å²) in [5.41, 5.74) is 1.46. The van der Waals surface area contributed by atoms with Gasteiger partial charge >= 0.3 is 0 Å². The highest BCUT2D eigenvalue weighted by molar-refractivity contribution is 5.98. The average molecular weight is 158 g/mol. The standard InChI is InChI=1S/C8H18OSi/c1-3-5-6-8(4-2)7-9-10/h6H,3-5,7H2,1-2,10H3. The van der Waals surface area contributed by atoms with E-state index in [4.69, 9.17) is 4.43 Å². The Morgan fingerprint density at radius 1 is 1.50 bits per heavy atom. The number of hydrogen-bond acceptors (Lipinski definition) is 1. The molecule has 0 saturated heterocycles. The normalized spacial score (nSPS) is 12.4. The molecule has 0 unspecified atom stereocenters. The molecule has 0 aliphatic heterocycles. The molecule has 1 nitrogen and oxygen atoms in total. The van der Waals surface area contributed by atoms with Crippen LogP contribution in [0.3, 0.4) is 0 Å². The quantitative estimate of drug-likeness (QED) is 0.434. The van der Waals surface area contributed by atoms with E-state index in [9.17, 15) is 0 Å². The smallest absolute Gasteiger partial charge is 0.146 e. The zero-order valence-electron chi connectivity index (χ0n) is 7.31. The lowest BCUT2D eigenvalue weighted by Crippen LogP contribution is -1.93. The molecule has 2 heteroatoms. The summed E-state index contributed by atoms with van der Waals surface area (Å²) in [6, 6.07) is 0. The first-order valence-corrected chi connectivity index (χ1v) is 4.83. The van der Waals surface area contributed by atoms with Gasteiger partial charge in [-0.25, -0.2) is 0 Å². The second kappa shape index (κ2) is 7.03. The van der Waals surface area contributed by atoms with Gasteiger partial charge in [0.25, 0.3) is 0 Å². The second-order valence-corrected chi connectivity index (χ2v) is 3.01. The van der Waals surface area contributed by atoms with Crippen molar-refractivity contribution in [2.24, 2.45) is 0 Å². The van der Waals surface area contributed by atoms with Crippen molar-refractivity contribution in [2.45, 2.75) is 33.1 Å². The summed E-state index contributed by atoms with van der Waals surface area (Å²) in [5, 5.41) is 0. The fraction of sp³-hybridized carbons (Fsp3) is 0.750. The summed E-state index contributed by atoms with van der Waals surface area (Å²) in [5.74, 6) is 0. The Hall–Kier alpha value is -0.0831. The fourth-order valence-electron chi connectivity index (χ4n) is 0.839. The van der Waals surface area contributed by atoms with Gasteiger partial charge < -0.3 is 4.43 Å². The molecular weight excluding hydrogens is 140 g/mol. The number of rotatable bonds is 5. The molecular formula is C8H18OSi. The lowest BCUT2D eigenvalue weighted by Gasteiger charge is -2.01. The first kappa shape index (κ1) is 9.92. The minimum absolute atomic E-state index is 0.859. The van der Waals surface area contributed by atoms with Crippen molar-refractivity contribution < 1.29 is 4.43 Å². The largest absolute Gasteiger partial charge is 0.424 e. The maximum atomic E-state index is 5.16. The number of hydrogen-bond donors (Lipinski definition) is 0. The summed E-state index contributed by atoms with van der Waals surface area (Å²) in [6.07, 6.45) is 5.89. The maximum absolute atomic E-state index is 5.16. The molecule has 0 saturated carbocycles. The predicted molar refractivity (Wildman–Crippen MR) is 49.2 cm³/mol. The van der Waals surface area contributed by atoms with Gasteiger partial charge in [-0.3, -0.25) is 0 Å². The first-order valence-electron chi connectivity index (χ1n) is 4.02. The van der Waals surface area contributed by atoms with Crippen molar-refractivity contribution in [3.63, 3.8) is 0 Å². The zero-order valence-corrected chi connectivity index (χ0v) is 9.31.